The van der Waals surface area contributed by atoms with Gasteiger partial charge in [0.15, 0.2) is 0 Å². The van der Waals surface area contributed by atoms with Crippen LogP contribution in [0.5, 0.6) is 0 Å². The molecular formula is C11H12O. The van der Waals surface area contributed by atoms with E-state index in [-0.39, 0.29) is 0 Å². The van der Waals surface area contributed by atoms with Gasteiger partial charge in [0.2, 0.25) is 0 Å². The predicted molar refractivity (Wildman–Crippen MR) is 50.9 cm³/mol. The average Bonchev–Trinajstić information content (AvgIpc) is 2.10. The van der Waals surface area contributed by atoms with Crippen molar-refractivity contribution < 1.29 is 4.79 Å². The Hall–Kier alpha value is -1.37. The van der Waals surface area contributed by atoms with Crippen molar-refractivity contribution in [3.63, 3.8) is 0 Å². The lowest BCUT2D eigenvalue weighted by Gasteiger charge is -2.02. The first-order valence-corrected chi connectivity index (χ1v) is 3.97. The lowest BCUT2D eigenvalue weighted by Crippen LogP contribution is -1.88. The van der Waals surface area contributed by atoms with Crippen LogP contribution in [0, 0.1) is 6.92 Å². The van der Waals surface area contributed by atoms with Gasteiger partial charge >= 0.3 is 0 Å². The Balaban J connectivity index is 3.18. The van der Waals surface area contributed by atoms with Crippen LogP contribution in [-0.2, 0) is 4.79 Å². The molecule has 0 spiro atoms. The third kappa shape index (κ3) is 1.62. The van der Waals surface area contributed by atoms with Crippen LogP contribution in [0.15, 0.2) is 30.3 Å². The summed E-state index contributed by atoms with van der Waals surface area (Å²) in [6.45, 7) is 3.87. The van der Waals surface area contributed by atoms with Gasteiger partial charge in [0, 0.05) is 5.57 Å². The maximum Gasteiger partial charge on any atom is 0.150 e. The highest BCUT2D eigenvalue weighted by Crippen LogP contribution is 2.15. The summed E-state index contributed by atoms with van der Waals surface area (Å²) in [5.74, 6) is 0. The van der Waals surface area contributed by atoms with Crippen molar-refractivity contribution in [1.82, 2.24) is 0 Å². The molecule has 0 aliphatic heterocycles. The summed E-state index contributed by atoms with van der Waals surface area (Å²) in [6, 6.07) is 7.87. The van der Waals surface area contributed by atoms with Crippen LogP contribution in [0.3, 0.4) is 0 Å². The van der Waals surface area contributed by atoms with Crippen LogP contribution in [0.2, 0.25) is 0 Å². The van der Waals surface area contributed by atoms with Gasteiger partial charge in [-0.2, -0.15) is 0 Å². The van der Waals surface area contributed by atoms with E-state index in [1.54, 1.807) is 0 Å². The quantitative estimate of drug-likeness (QED) is 0.480. The molecule has 1 nitrogen and oxygen atoms in total. The van der Waals surface area contributed by atoms with Crippen LogP contribution >= 0.6 is 0 Å². The molecule has 1 aromatic rings. The third-order valence-corrected chi connectivity index (χ3v) is 1.89. The van der Waals surface area contributed by atoms with Crippen LogP contribution < -0.4 is 0 Å². The van der Waals surface area contributed by atoms with Gasteiger partial charge in [-0.15, -0.1) is 0 Å². The van der Waals surface area contributed by atoms with Crippen LogP contribution in [-0.4, -0.2) is 6.29 Å². The molecule has 1 aromatic carbocycles. The highest BCUT2D eigenvalue weighted by molar-refractivity contribution is 6.07. The number of allylic oxidation sites excluding steroid dienone is 2. The van der Waals surface area contributed by atoms with Crippen molar-refractivity contribution in [2.45, 2.75) is 13.8 Å². The molecule has 0 atom stereocenters. The molecule has 12 heavy (non-hydrogen) atoms. The Labute approximate surface area is 72.7 Å². The largest absolute Gasteiger partial charge is 0.298 e. The van der Waals surface area contributed by atoms with E-state index in [4.69, 9.17) is 0 Å². The molecule has 0 radical (unpaired) electrons. The van der Waals surface area contributed by atoms with Gasteiger partial charge in [-0.1, -0.05) is 30.3 Å². The zero-order valence-corrected chi connectivity index (χ0v) is 7.37. The van der Waals surface area contributed by atoms with Gasteiger partial charge in [-0.3, -0.25) is 4.79 Å². The molecule has 1 heteroatoms. The van der Waals surface area contributed by atoms with E-state index in [9.17, 15) is 4.79 Å². The zero-order valence-electron chi connectivity index (χ0n) is 7.37. The van der Waals surface area contributed by atoms with Crippen LogP contribution in [0.1, 0.15) is 18.1 Å². The monoisotopic (exact) mass is 160 g/mol. The number of carbonyl (C=O) groups excluding carboxylic acids is 1. The summed E-state index contributed by atoms with van der Waals surface area (Å²) in [4.78, 5) is 10.6. The van der Waals surface area contributed by atoms with E-state index < -0.39 is 0 Å². The van der Waals surface area contributed by atoms with Gasteiger partial charge in [-0.25, -0.2) is 0 Å². The summed E-state index contributed by atoms with van der Waals surface area (Å²) >= 11 is 0. The van der Waals surface area contributed by atoms with Crippen molar-refractivity contribution >= 4 is 11.9 Å². The van der Waals surface area contributed by atoms with Crippen molar-refractivity contribution in [1.29, 1.82) is 0 Å². The molecule has 0 bridgehead atoms. The first kappa shape index (κ1) is 8.72. The van der Waals surface area contributed by atoms with E-state index in [1.807, 2.05) is 44.2 Å². The lowest BCUT2D eigenvalue weighted by atomic mass is 10.0. The summed E-state index contributed by atoms with van der Waals surface area (Å²) in [5, 5.41) is 0. The SMILES string of the molecule is C/C=C(/C=O)c1ccccc1C. The van der Waals surface area contributed by atoms with Crippen molar-refractivity contribution in [3.8, 4) is 0 Å². The van der Waals surface area contributed by atoms with E-state index in [0.717, 1.165) is 23.0 Å². The molecule has 0 heterocycles. The second-order valence-corrected chi connectivity index (χ2v) is 2.68. The summed E-state index contributed by atoms with van der Waals surface area (Å²) < 4.78 is 0. The molecule has 0 fully saturated rings. The maximum absolute atomic E-state index is 10.6. The average molecular weight is 160 g/mol. The molecule has 0 N–H and O–H groups in total. The number of rotatable bonds is 2. The van der Waals surface area contributed by atoms with Gasteiger partial charge in [-0.05, 0) is 25.0 Å². The van der Waals surface area contributed by atoms with Gasteiger partial charge < -0.3 is 0 Å². The molecule has 0 amide bonds. The lowest BCUT2D eigenvalue weighted by molar-refractivity contribution is -0.103. The molecule has 0 aliphatic rings. The highest BCUT2D eigenvalue weighted by atomic mass is 16.1. The second-order valence-electron chi connectivity index (χ2n) is 2.68. The van der Waals surface area contributed by atoms with E-state index in [2.05, 4.69) is 0 Å². The fourth-order valence-electron chi connectivity index (χ4n) is 1.18. The number of hydrogen-bond donors (Lipinski definition) is 0. The van der Waals surface area contributed by atoms with Crippen molar-refractivity contribution in [2.24, 2.45) is 0 Å². The topological polar surface area (TPSA) is 17.1 Å². The Bertz CT molecular complexity index is 311. The van der Waals surface area contributed by atoms with E-state index >= 15 is 0 Å². The van der Waals surface area contributed by atoms with Gasteiger partial charge in [0.25, 0.3) is 0 Å². The number of benzene rings is 1. The van der Waals surface area contributed by atoms with Gasteiger partial charge in [0.05, 0.1) is 0 Å². The summed E-state index contributed by atoms with van der Waals surface area (Å²) in [5.41, 5.74) is 2.92. The Morgan fingerprint density at radius 1 is 1.33 bits per heavy atom. The molecule has 0 unspecified atom stereocenters. The van der Waals surface area contributed by atoms with E-state index in [0.29, 0.717) is 0 Å². The molecule has 0 aromatic heterocycles. The molecule has 1 rings (SSSR count). The summed E-state index contributed by atoms with van der Waals surface area (Å²) in [7, 11) is 0. The van der Waals surface area contributed by atoms with Crippen molar-refractivity contribution in [2.75, 3.05) is 0 Å². The minimum absolute atomic E-state index is 0.758. The maximum atomic E-state index is 10.6. The fraction of sp³-hybridized carbons (Fsp3) is 0.182. The molecule has 0 saturated heterocycles. The van der Waals surface area contributed by atoms with Crippen molar-refractivity contribution in [3.05, 3.63) is 41.5 Å². The number of aryl methyl sites for hydroxylation is 1. The first-order valence-electron chi connectivity index (χ1n) is 3.97. The zero-order chi connectivity index (χ0) is 8.97. The Kier molecular flexibility index (Phi) is 2.81. The Morgan fingerprint density at radius 2 is 2.00 bits per heavy atom. The number of aldehydes is 1. The third-order valence-electron chi connectivity index (χ3n) is 1.89. The van der Waals surface area contributed by atoms with E-state index in [1.165, 1.54) is 0 Å². The summed E-state index contributed by atoms with van der Waals surface area (Å²) in [6.07, 6.45) is 2.72. The molecule has 62 valence electrons. The minimum atomic E-state index is 0.758. The normalized spacial score (nSPS) is 11.3. The molecule has 0 aliphatic carbocycles. The Morgan fingerprint density at radius 3 is 2.50 bits per heavy atom. The fourth-order valence-corrected chi connectivity index (χ4v) is 1.18. The highest BCUT2D eigenvalue weighted by Gasteiger charge is 2.00. The van der Waals surface area contributed by atoms with Gasteiger partial charge in [0.1, 0.15) is 6.29 Å². The standard InChI is InChI=1S/C11H12O/c1-3-10(8-12)11-7-5-4-6-9(11)2/h3-8H,1-2H3/b10-3-. The number of carbonyl (C=O) groups is 1. The molecule has 0 saturated carbocycles. The van der Waals surface area contributed by atoms with Crippen LogP contribution in [0.4, 0.5) is 0 Å². The number of hydrogen-bond acceptors (Lipinski definition) is 1. The minimum Gasteiger partial charge on any atom is -0.298 e. The predicted octanol–water partition coefficient (Wildman–Crippen LogP) is 2.60. The smallest absolute Gasteiger partial charge is 0.150 e. The molecular weight excluding hydrogens is 148 g/mol. The second kappa shape index (κ2) is 3.86. The first-order chi connectivity index (χ1) is 5.79. The van der Waals surface area contributed by atoms with Crippen LogP contribution in [0.25, 0.3) is 5.57 Å².